The number of nitro benzene ring substituents is 1. The second kappa shape index (κ2) is 9.01. The molecule has 0 atom stereocenters. The van der Waals surface area contributed by atoms with Crippen LogP contribution in [0.5, 0.6) is 0 Å². The van der Waals surface area contributed by atoms with E-state index in [1.54, 1.807) is 36.4 Å². The number of nitro groups is 1. The SMILES string of the molecule is O=C(Nc1ccc(Cl)cc1C(F)(F)F)/C(=C/c1cccc([N+](=O)[O-])c1)c1ccccc1. The summed E-state index contributed by atoms with van der Waals surface area (Å²) in [5.74, 6) is -0.814. The predicted molar refractivity (Wildman–Crippen MR) is 112 cm³/mol. The Morgan fingerprint density at radius 3 is 2.35 bits per heavy atom. The summed E-state index contributed by atoms with van der Waals surface area (Å²) in [5, 5.41) is 13.2. The summed E-state index contributed by atoms with van der Waals surface area (Å²) in [5.41, 5.74) is -0.925. The summed E-state index contributed by atoms with van der Waals surface area (Å²) < 4.78 is 40.1. The standard InChI is InChI=1S/C22H14ClF3N2O3/c23-16-9-10-20(19(13-16)22(24,25)26)27-21(29)18(15-6-2-1-3-7-15)12-14-5-4-8-17(11-14)28(30)31/h1-13H,(H,27,29)/b18-12+. The molecule has 0 saturated heterocycles. The van der Waals surface area contributed by atoms with Gasteiger partial charge in [-0.3, -0.25) is 14.9 Å². The Hall–Kier alpha value is -3.65. The summed E-state index contributed by atoms with van der Waals surface area (Å²) in [6, 6.07) is 16.8. The Kier molecular flexibility index (Phi) is 6.41. The van der Waals surface area contributed by atoms with Crippen molar-refractivity contribution in [2.24, 2.45) is 0 Å². The molecule has 158 valence electrons. The van der Waals surface area contributed by atoms with Gasteiger partial charge in [-0.25, -0.2) is 0 Å². The van der Waals surface area contributed by atoms with Gasteiger partial charge in [0.2, 0.25) is 0 Å². The molecule has 9 heteroatoms. The second-order valence-electron chi connectivity index (χ2n) is 6.42. The zero-order chi connectivity index (χ0) is 22.6. The minimum Gasteiger partial charge on any atom is -0.321 e. The molecule has 5 nitrogen and oxygen atoms in total. The lowest BCUT2D eigenvalue weighted by Crippen LogP contribution is -2.17. The van der Waals surface area contributed by atoms with Gasteiger partial charge < -0.3 is 5.32 Å². The van der Waals surface area contributed by atoms with Crippen LogP contribution in [0.1, 0.15) is 16.7 Å². The number of carbonyl (C=O) groups excluding carboxylic acids is 1. The van der Waals surface area contributed by atoms with Crippen LogP contribution in [0.4, 0.5) is 24.5 Å². The van der Waals surface area contributed by atoms with E-state index in [0.717, 1.165) is 12.1 Å². The number of hydrogen-bond acceptors (Lipinski definition) is 3. The van der Waals surface area contributed by atoms with E-state index in [2.05, 4.69) is 5.32 Å². The van der Waals surface area contributed by atoms with Crippen LogP contribution in [0.3, 0.4) is 0 Å². The molecule has 1 N–H and O–H groups in total. The average molecular weight is 447 g/mol. The first-order valence-electron chi connectivity index (χ1n) is 8.85. The van der Waals surface area contributed by atoms with E-state index in [4.69, 9.17) is 11.6 Å². The minimum atomic E-state index is -4.73. The monoisotopic (exact) mass is 446 g/mol. The lowest BCUT2D eigenvalue weighted by molar-refractivity contribution is -0.384. The van der Waals surface area contributed by atoms with Crippen molar-refractivity contribution < 1.29 is 22.9 Å². The van der Waals surface area contributed by atoms with E-state index in [1.807, 2.05) is 0 Å². The van der Waals surface area contributed by atoms with E-state index < -0.39 is 28.3 Å². The summed E-state index contributed by atoms with van der Waals surface area (Å²) in [7, 11) is 0. The van der Waals surface area contributed by atoms with Crippen LogP contribution in [0, 0.1) is 10.1 Å². The van der Waals surface area contributed by atoms with Gasteiger partial charge in [-0.1, -0.05) is 54.1 Å². The van der Waals surface area contributed by atoms with Gasteiger partial charge in [-0.15, -0.1) is 0 Å². The Labute approximate surface area is 179 Å². The number of anilines is 1. The fraction of sp³-hybridized carbons (Fsp3) is 0.0455. The third kappa shape index (κ3) is 5.49. The van der Waals surface area contributed by atoms with E-state index in [1.165, 1.54) is 30.3 Å². The first kappa shape index (κ1) is 22.0. The molecule has 3 rings (SSSR count). The number of nitrogens with one attached hydrogen (secondary N) is 1. The highest BCUT2D eigenvalue weighted by Crippen LogP contribution is 2.37. The number of halogens is 4. The summed E-state index contributed by atoms with van der Waals surface area (Å²) in [4.78, 5) is 23.4. The summed E-state index contributed by atoms with van der Waals surface area (Å²) in [6.07, 6.45) is -3.36. The van der Waals surface area contributed by atoms with Gasteiger partial charge >= 0.3 is 6.18 Å². The van der Waals surface area contributed by atoms with Crippen molar-refractivity contribution in [1.82, 2.24) is 0 Å². The van der Waals surface area contributed by atoms with Crippen molar-refractivity contribution in [2.45, 2.75) is 6.18 Å². The first-order chi connectivity index (χ1) is 14.6. The maximum Gasteiger partial charge on any atom is 0.418 e. The summed E-state index contributed by atoms with van der Waals surface area (Å²) in [6.45, 7) is 0. The Morgan fingerprint density at radius 2 is 1.71 bits per heavy atom. The molecular weight excluding hydrogens is 433 g/mol. The second-order valence-corrected chi connectivity index (χ2v) is 6.85. The number of carbonyl (C=O) groups is 1. The fourth-order valence-electron chi connectivity index (χ4n) is 2.84. The minimum absolute atomic E-state index is 0.0316. The number of alkyl halides is 3. The third-order valence-electron chi connectivity index (χ3n) is 4.26. The maximum absolute atomic E-state index is 13.4. The molecule has 0 spiro atoms. The molecule has 0 radical (unpaired) electrons. The van der Waals surface area contributed by atoms with Gasteiger partial charge in [0.15, 0.2) is 0 Å². The zero-order valence-electron chi connectivity index (χ0n) is 15.7. The lowest BCUT2D eigenvalue weighted by atomic mass is 10.0. The normalized spacial score (nSPS) is 11.8. The van der Waals surface area contributed by atoms with Gasteiger partial charge in [0, 0.05) is 22.7 Å². The van der Waals surface area contributed by atoms with Crippen molar-refractivity contribution in [3.8, 4) is 0 Å². The van der Waals surface area contributed by atoms with Gasteiger partial charge in [0.25, 0.3) is 11.6 Å². The van der Waals surface area contributed by atoms with Crippen molar-refractivity contribution >= 4 is 40.5 Å². The quantitative estimate of drug-likeness (QED) is 0.212. The number of amides is 1. The molecule has 0 bridgehead atoms. The zero-order valence-corrected chi connectivity index (χ0v) is 16.4. The number of nitrogens with zero attached hydrogens (tertiary/aromatic N) is 1. The molecule has 3 aromatic rings. The van der Waals surface area contributed by atoms with E-state index in [-0.39, 0.29) is 16.3 Å². The summed E-state index contributed by atoms with van der Waals surface area (Å²) >= 11 is 5.69. The van der Waals surface area contributed by atoms with Gasteiger partial charge in [-0.2, -0.15) is 13.2 Å². The maximum atomic E-state index is 13.4. The van der Waals surface area contributed by atoms with Gasteiger partial charge in [0.05, 0.1) is 16.2 Å². The third-order valence-corrected chi connectivity index (χ3v) is 4.49. The molecule has 1 amide bonds. The fourth-order valence-corrected chi connectivity index (χ4v) is 3.01. The molecule has 3 aromatic carbocycles. The van der Waals surface area contributed by atoms with Crippen LogP contribution in [0.25, 0.3) is 11.6 Å². The Bertz CT molecular complexity index is 1160. The molecule has 0 unspecified atom stereocenters. The van der Waals surface area contributed by atoms with E-state index >= 15 is 0 Å². The first-order valence-corrected chi connectivity index (χ1v) is 9.22. The van der Waals surface area contributed by atoms with E-state index in [9.17, 15) is 28.1 Å². The topological polar surface area (TPSA) is 72.2 Å². The van der Waals surface area contributed by atoms with Gasteiger partial charge in [-0.05, 0) is 35.4 Å². The Balaban J connectivity index is 2.05. The molecule has 0 aromatic heterocycles. The smallest absolute Gasteiger partial charge is 0.321 e. The molecule has 0 heterocycles. The van der Waals surface area contributed by atoms with Crippen LogP contribution >= 0.6 is 11.6 Å². The highest BCUT2D eigenvalue weighted by Gasteiger charge is 2.34. The number of benzene rings is 3. The van der Waals surface area contributed by atoms with Crippen LogP contribution in [0.15, 0.2) is 72.8 Å². The number of rotatable bonds is 5. The molecular formula is C22H14ClF3N2O3. The average Bonchev–Trinajstić information content (AvgIpc) is 2.73. The van der Waals surface area contributed by atoms with Crippen molar-refractivity contribution in [1.29, 1.82) is 0 Å². The molecule has 0 aliphatic heterocycles. The molecule has 0 aliphatic carbocycles. The van der Waals surface area contributed by atoms with Crippen LogP contribution < -0.4 is 5.32 Å². The van der Waals surface area contributed by atoms with Crippen molar-refractivity contribution in [3.05, 3.63) is 105 Å². The largest absolute Gasteiger partial charge is 0.418 e. The Morgan fingerprint density at radius 1 is 1.00 bits per heavy atom. The highest BCUT2D eigenvalue weighted by molar-refractivity contribution is 6.31. The molecule has 31 heavy (non-hydrogen) atoms. The van der Waals surface area contributed by atoms with Crippen LogP contribution in [0.2, 0.25) is 5.02 Å². The highest BCUT2D eigenvalue weighted by atomic mass is 35.5. The van der Waals surface area contributed by atoms with Crippen LogP contribution in [-0.4, -0.2) is 10.8 Å². The van der Waals surface area contributed by atoms with Crippen molar-refractivity contribution in [2.75, 3.05) is 5.32 Å². The number of hydrogen-bond donors (Lipinski definition) is 1. The molecule has 0 aliphatic rings. The lowest BCUT2D eigenvalue weighted by Gasteiger charge is -2.15. The predicted octanol–water partition coefficient (Wildman–Crippen LogP) is 6.45. The molecule has 0 saturated carbocycles. The molecule has 0 fully saturated rings. The van der Waals surface area contributed by atoms with Crippen LogP contribution in [-0.2, 0) is 11.0 Å². The van der Waals surface area contributed by atoms with Gasteiger partial charge in [0.1, 0.15) is 0 Å². The van der Waals surface area contributed by atoms with Crippen molar-refractivity contribution in [3.63, 3.8) is 0 Å². The number of non-ortho nitro benzene ring substituents is 1. The van der Waals surface area contributed by atoms with E-state index in [0.29, 0.717) is 11.1 Å².